The van der Waals surface area contributed by atoms with E-state index in [9.17, 15) is 13.2 Å². The Balaban J connectivity index is 1.31. The highest BCUT2D eigenvalue weighted by molar-refractivity contribution is 7.89. The van der Waals surface area contributed by atoms with Crippen LogP contribution in [0.25, 0.3) is 0 Å². The highest BCUT2D eigenvalue weighted by Crippen LogP contribution is 2.40. The molecule has 2 heterocycles. The maximum Gasteiger partial charge on any atom is 0.243 e. The summed E-state index contributed by atoms with van der Waals surface area (Å²) in [6.07, 6.45) is 6.04. The molecule has 5 rings (SSSR count). The molecule has 0 radical (unpaired) electrons. The van der Waals surface area contributed by atoms with E-state index in [-0.39, 0.29) is 11.8 Å². The summed E-state index contributed by atoms with van der Waals surface area (Å²) >= 11 is 0. The van der Waals surface area contributed by atoms with Gasteiger partial charge in [-0.1, -0.05) is 12.1 Å². The molecule has 0 bridgehead atoms. The van der Waals surface area contributed by atoms with Gasteiger partial charge in [-0.15, -0.1) is 0 Å². The van der Waals surface area contributed by atoms with Crippen LogP contribution in [-0.4, -0.2) is 45.4 Å². The van der Waals surface area contributed by atoms with Crippen molar-refractivity contribution in [2.24, 2.45) is 5.92 Å². The Bertz CT molecular complexity index is 1180. The number of carbonyl (C=O) groups is 1. The molecule has 7 heteroatoms. The van der Waals surface area contributed by atoms with E-state index < -0.39 is 10.0 Å². The number of fused-ring (bicyclic) bond motifs is 2. The Morgan fingerprint density at radius 3 is 2.48 bits per heavy atom. The smallest absolute Gasteiger partial charge is 0.243 e. The average molecular weight is 469 g/mol. The second-order valence-corrected chi connectivity index (χ2v) is 11.4. The molecule has 6 nitrogen and oxygen atoms in total. The number of hydrogen-bond donors (Lipinski definition) is 0. The van der Waals surface area contributed by atoms with E-state index >= 15 is 0 Å². The highest BCUT2D eigenvalue weighted by Gasteiger charge is 2.36. The summed E-state index contributed by atoms with van der Waals surface area (Å²) in [5, 5.41) is 0. The minimum atomic E-state index is -3.53. The summed E-state index contributed by atoms with van der Waals surface area (Å²) in [6, 6.07) is 9.55. The van der Waals surface area contributed by atoms with E-state index in [1.54, 1.807) is 17.5 Å². The average Bonchev–Trinajstić information content (AvgIpc) is 3.32. The molecule has 0 unspecified atom stereocenters. The first-order valence-electron chi connectivity index (χ1n) is 12.0. The van der Waals surface area contributed by atoms with Crippen LogP contribution in [-0.2, 0) is 34.1 Å². The van der Waals surface area contributed by atoms with Crippen molar-refractivity contribution in [2.45, 2.75) is 56.8 Å². The molecule has 176 valence electrons. The summed E-state index contributed by atoms with van der Waals surface area (Å²) in [7, 11) is -1.89. The van der Waals surface area contributed by atoms with Crippen molar-refractivity contribution >= 4 is 21.6 Å². The van der Waals surface area contributed by atoms with Gasteiger partial charge in [0.1, 0.15) is 5.75 Å². The molecule has 0 spiro atoms. The zero-order valence-electron chi connectivity index (χ0n) is 19.5. The summed E-state index contributed by atoms with van der Waals surface area (Å²) < 4.78 is 33.7. The molecule has 2 aromatic carbocycles. The number of carbonyl (C=O) groups excluding carboxylic acids is 1. The Morgan fingerprint density at radius 2 is 1.73 bits per heavy atom. The Labute approximate surface area is 196 Å². The minimum absolute atomic E-state index is 0.0921. The van der Waals surface area contributed by atoms with Gasteiger partial charge in [0.25, 0.3) is 0 Å². The van der Waals surface area contributed by atoms with E-state index in [1.807, 2.05) is 29.2 Å². The van der Waals surface area contributed by atoms with Crippen molar-refractivity contribution in [1.82, 2.24) is 4.31 Å². The van der Waals surface area contributed by atoms with Crippen LogP contribution in [0, 0.1) is 12.8 Å². The SMILES string of the molecule is COc1ccc(C)c2c1N(C(=O)C1CCN(S(=O)(=O)c3ccc4c(c3)CCC4)CC1)CCC2. The van der Waals surface area contributed by atoms with Crippen molar-refractivity contribution in [3.05, 3.63) is 52.6 Å². The number of anilines is 1. The number of ether oxygens (including phenoxy) is 1. The molecule has 0 atom stereocenters. The van der Waals surface area contributed by atoms with Gasteiger partial charge in [0.05, 0.1) is 17.7 Å². The van der Waals surface area contributed by atoms with E-state index in [4.69, 9.17) is 4.74 Å². The van der Waals surface area contributed by atoms with Gasteiger partial charge in [-0.25, -0.2) is 8.42 Å². The molecule has 2 aliphatic heterocycles. The van der Waals surface area contributed by atoms with Crippen molar-refractivity contribution in [2.75, 3.05) is 31.6 Å². The van der Waals surface area contributed by atoms with Gasteiger partial charge in [0.2, 0.25) is 15.9 Å². The molecular weight excluding hydrogens is 436 g/mol. The van der Waals surface area contributed by atoms with Crippen LogP contribution in [0.4, 0.5) is 5.69 Å². The van der Waals surface area contributed by atoms with Crippen LogP contribution in [0.15, 0.2) is 35.2 Å². The van der Waals surface area contributed by atoms with Gasteiger partial charge >= 0.3 is 0 Å². The van der Waals surface area contributed by atoms with E-state index in [2.05, 4.69) is 6.92 Å². The normalized spacial score (nSPS) is 19.3. The molecule has 0 saturated carbocycles. The number of benzene rings is 2. The number of nitrogens with zero attached hydrogens (tertiary/aromatic N) is 2. The molecular formula is C26H32N2O4S. The third kappa shape index (κ3) is 3.95. The molecule has 3 aliphatic rings. The number of sulfonamides is 1. The number of hydrogen-bond acceptors (Lipinski definition) is 4. The van der Waals surface area contributed by atoms with E-state index in [0.717, 1.165) is 49.1 Å². The Kier molecular flexibility index (Phi) is 5.95. The second kappa shape index (κ2) is 8.76. The topological polar surface area (TPSA) is 66.9 Å². The van der Waals surface area contributed by atoms with Gasteiger partial charge < -0.3 is 9.64 Å². The molecule has 1 saturated heterocycles. The maximum atomic E-state index is 13.6. The molecule has 33 heavy (non-hydrogen) atoms. The molecule has 1 amide bonds. The second-order valence-electron chi connectivity index (χ2n) is 9.47. The van der Waals surface area contributed by atoms with E-state index in [0.29, 0.717) is 37.4 Å². The molecule has 1 aliphatic carbocycles. The van der Waals surface area contributed by atoms with Crippen LogP contribution in [0.1, 0.15) is 47.9 Å². The highest BCUT2D eigenvalue weighted by atomic mass is 32.2. The molecule has 2 aromatic rings. The van der Waals surface area contributed by atoms with Crippen molar-refractivity contribution in [3.63, 3.8) is 0 Å². The largest absolute Gasteiger partial charge is 0.495 e. The molecule has 1 fully saturated rings. The Hall–Kier alpha value is -2.38. The third-order valence-corrected chi connectivity index (χ3v) is 9.45. The fourth-order valence-electron chi connectivity index (χ4n) is 5.66. The summed E-state index contributed by atoms with van der Waals surface area (Å²) in [5.41, 5.74) is 5.70. The fraction of sp³-hybridized carbons (Fsp3) is 0.500. The number of amides is 1. The predicted molar refractivity (Wildman–Crippen MR) is 128 cm³/mol. The number of methoxy groups -OCH3 is 1. The quantitative estimate of drug-likeness (QED) is 0.683. The predicted octanol–water partition coefficient (Wildman–Crippen LogP) is 3.87. The van der Waals surface area contributed by atoms with Gasteiger partial charge in [-0.2, -0.15) is 4.31 Å². The number of rotatable bonds is 4. The van der Waals surface area contributed by atoms with Crippen molar-refractivity contribution in [3.8, 4) is 5.75 Å². The fourth-order valence-corrected chi connectivity index (χ4v) is 7.18. The van der Waals surface area contributed by atoms with Crippen molar-refractivity contribution < 1.29 is 17.9 Å². The van der Waals surface area contributed by atoms with Crippen LogP contribution < -0.4 is 9.64 Å². The monoisotopic (exact) mass is 468 g/mol. The number of piperidine rings is 1. The Morgan fingerprint density at radius 1 is 0.970 bits per heavy atom. The summed E-state index contributed by atoms with van der Waals surface area (Å²) in [4.78, 5) is 15.8. The first-order chi connectivity index (χ1) is 15.9. The first-order valence-corrected chi connectivity index (χ1v) is 13.4. The summed E-state index contributed by atoms with van der Waals surface area (Å²) in [5.74, 6) is 0.655. The lowest BCUT2D eigenvalue weighted by Gasteiger charge is -2.37. The third-order valence-electron chi connectivity index (χ3n) is 7.56. The zero-order chi connectivity index (χ0) is 23.2. The lowest BCUT2D eigenvalue weighted by Crippen LogP contribution is -2.46. The first kappa shape index (κ1) is 22.4. The molecule has 0 N–H and O–H groups in total. The number of aryl methyl sites for hydroxylation is 3. The summed E-state index contributed by atoms with van der Waals surface area (Å²) in [6.45, 7) is 3.51. The maximum absolute atomic E-state index is 13.6. The van der Waals surface area contributed by atoms with Crippen LogP contribution in [0.2, 0.25) is 0 Å². The molecule has 0 aromatic heterocycles. The van der Waals surface area contributed by atoms with Gasteiger partial charge in [0.15, 0.2) is 0 Å². The minimum Gasteiger partial charge on any atom is -0.495 e. The standard InChI is InChI=1S/C26H32N2O4S/c1-18-8-11-24(32-2)25-23(18)7-4-14-28(25)26(29)20-12-15-27(16-13-20)33(30,31)22-10-9-19-5-3-6-21(19)17-22/h8-11,17,20H,3-7,12-16H2,1-2H3. The van der Waals surface area contributed by atoms with Gasteiger partial charge in [0, 0.05) is 25.6 Å². The van der Waals surface area contributed by atoms with E-state index in [1.165, 1.54) is 16.7 Å². The van der Waals surface area contributed by atoms with Gasteiger partial charge in [-0.3, -0.25) is 4.79 Å². The van der Waals surface area contributed by atoms with Crippen LogP contribution in [0.3, 0.4) is 0 Å². The van der Waals surface area contributed by atoms with Crippen LogP contribution >= 0.6 is 0 Å². The van der Waals surface area contributed by atoms with Gasteiger partial charge in [-0.05, 0) is 92.3 Å². The zero-order valence-corrected chi connectivity index (χ0v) is 20.3. The van der Waals surface area contributed by atoms with Crippen molar-refractivity contribution in [1.29, 1.82) is 0 Å². The lowest BCUT2D eigenvalue weighted by atomic mass is 9.92. The van der Waals surface area contributed by atoms with Crippen LogP contribution in [0.5, 0.6) is 5.75 Å². The lowest BCUT2D eigenvalue weighted by molar-refractivity contribution is -0.123.